The average Bonchev–Trinajstić information content (AvgIpc) is 2.29. The van der Waals surface area contributed by atoms with E-state index in [1.54, 1.807) is 6.92 Å². The lowest BCUT2D eigenvalue weighted by molar-refractivity contribution is 0.0691. The number of sulfonamides is 1. The normalized spacial score (nSPS) is 10.6. The van der Waals surface area contributed by atoms with Gasteiger partial charge in [0.05, 0.1) is 17.0 Å². The summed E-state index contributed by atoms with van der Waals surface area (Å²) in [5.74, 6) is 2.47. The Morgan fingerprint density at radius 1 is 1.50 bits per heavy atom. The second kappa shape index (κ2) is 5.62. The van der Waals surface area contributed by atoms with Crippen molar-refractivity contribution in [3.63, 3.8) is 0 Å². The van der Waals surface area contributed by atoms with E-state index in [0.29, 0.717) is 0 Å². The summed E-state index contributed by atoms with van der Waals surface area (Å²) in [6.07, 6.45) is 0. The van der Waals surface area contributed by atoms with Crippen molar-refractivity contribution in [3.8, 4) is 11.8 Å². The standard InChI is InChI=1S/C11H10FNO4S/c1-2-3-6-13-18(16,17)8-4-5-10(12)9(7-8)11(14)15/h4-5,7,13H,6H2,1H3,(H,14,15). The van der Waals surface area contributed by atoms with E-state index in [1.165, 1.54) is 0 Å². The van der Waals surface area contributed by atoms with Crippen LogP contribution in [0.5, 0.6) is 0 Å². The Labute approximate surface area is 104 Å². The maximum Gasteiger partial charge on any atom is 0.338 e. The molecular weight excluding hydrogens is 261 g/mol. The van der Waals surface area contributed by atoms with Crippen LogP contribution in [0.15, 0.2) is 23.1 Å². The third-order valence-electron chi connectivity index (χ3n) is 2.01. The second-order valence-electron chi connectivity index (χ2n) is 3.20. The Kier molecular flexibility index (Phi) is 4.42. The van der Waals surface area contributed by atoms with Gasteiger partial charge >= 0.3 is 5.97 Å². The molecule has 0 atom stereocenters. The predicted octanol–water partition coefficient (Wildman–Crippen LogP) is 0.826. The quantitative estimate of drug-likeness (QED) is 0.794. The maximum absolute atomic E-state index is 13.1. The van der Waals surface area contributed by atoms with E-state index in [-0.39, 0.29) is 11.4 Å². The maximum atomic E-state index is 13.1. The molecule has 0 unspecified atom stereocenters. The van der Waals surface area contributed by atoms with Crippen molar-refractivity contribution in [1.29, 1.82) is 0 Å². The van der Waals surface area contributed by atoms with Gasteiger partial charge in [-0.3, -0.25) is 0 Å². The number of halogens is 1. The number of hydrogen-bond donors (Lipinski definition) is 2. The van der Waals surface area contributed by atoms with E-state index in [1.807, 2.05) is 0 Å². The molecule has 0 heterocycles. The molecule has 1 aromatic rings. The monoisotopic (exact) mass is 271 g/mol. The fourth-order valence-corrected chi connectivity index (χ4v) is 2.09. The summed E-state index contributed by atoms with van der Waals surface area (Å²) >= 11 is 0. The van der Waals surface area contributed by atoms with Crippen molar-refractivity contribution in [2.24, 2.45) is 0 Å². The van der Waals surface area contributed by atoms with E-state index >= 15 is 0 Å². The van der Waals surface area contributed by atoms with E-state index in [0.717, 1.165) is 18.2 Å². The molecule has 0 saturated heterocycles. The zero-order chi connectivity index (χ0) is 13.8. The Balaban J connectivity index is 3.12. The van der Waals surface area contributed by atoms with Crippen LogP contribution in [0.25, 0.3) is 0 Å². The van der Waals surface area contributed by atoms with Gasteiger partial charge in [-0.25, -0.2) is 17.6 Å². The van der Waals surface area contributed by atoms with Crippen LogP contribution in [0.1, 0.15) is 17.3 Å². The SMILES string of the molecule is CC#CCNS(=O)(=O)c1ccc(F)c(C(=O)O)c1. The predicted molar refractivity (Wildman–Crippen MR) is 62.0 cm³/mol. The highest BCUT2D eigenvalue weighted by molar-refractivity contribution is 7.89. The molecule has 1 aromatic carbocycles. The number of hydrogen-bond acceptors (Lipinski definition) is 3. The molecule has 18 heavy (non-hydrogen) atoms. The van der Waals surface area contributed by atoms with Crippen LogP contribution in [0.2, 0.25) is 0 Å². The Morgan fingerprint density at radius 3 is 2.72 bits per heavy atom. The number of benzene rings is 1. The van der Waals surface area contributed by atoms with Crippen molar-refractivity contribution in [1.82, 2.24) is 4.72 Å². The lowest BCUT2D eigenvalue weighted by atomic mass is 10.2. The van der Waals surface area contributed by atoms with Gasteiger partial charge < -0.3 is 5.11 Å². The summed E-state index contributed by atoms with van der Waals surface area (Å²) in [5, 5.41) is 8.69. The number of aromatic carboxylic acids is 1. The van der Waals surface area contributed by atoms with Crippen LogP contribution in [0.4, 0.5) is 4.39 Å². The molecule has 0 saturated carbocycles. The average molecular weight is 271 g/mol. The molecule has 1 rings (SSSR count). The fourth-order valence-electron chi connectivity index (χ4n) is 1.14. The van der Waals surface area contributed by atoms with Gasteiger partial charge in [0.1, 0.15) is 5.82 Å². The smallest absolute Gasteiger partial charge is 0.338 e. The lowest BCUT2D eigenvalue weighted by Crippen LogP contribution is -2.24. The number of nitrogens with one attached hydrogen (secondary N) is 1. The van der Waals surface area contributed by atoms with Crippen LogP contribution in [0.3, 0.4) is 0 Å². The third-order valence-corrected chi connectivity index (χ3v) is 3.40. The molecule has 0 aromatic heterocycles. The van der Waals surface area contributed by atoms with E-state index in [2.05, 4.69) is 16.6 Å². The summed E-state index contributed by atoms with van der Waals surface area (Å²) in [5.41, 5.74) is -0.695. The third kappa shape index (κ3) is 3.29. The van der Waals surface area contributed by atoms with Crippen molar-refractivity contribution in [3.05, 3.63) is 29.6 Å². The van der Waals surface area contributed by atoms with E-state index in [4.69, 9.17) is 5.11 Å². The summed E-state index contributed by atoms with van der Waals surface area (Å²) in [6, 6.07) is 2.55. The van der Waals surface area contributed by atoms with Crippen molar-refractivity contribution < 1.29 is 22.7 Å². The first-order chi connectivity index (χ1) is 8.38. The highest BCUT2D eigenvalue weighted by Gasteiger charge is 2.18. The first-order valence-corrected chi connectivity index (χ1v) is 6.29. The molecule has 0 radical (unpaired) electrons. The second-order valence-corrected chi connectivity index (χ2v) is 4.97. The molecule has 0 aliphatic rings. The largest absolute Gasteiger partial charge is 0.478 e. The Hall–Kier alpha value is -1.91. The zero-order valence-corrected chi connectivity index (χ0v) is 10.2. The zero-order valence-electron chi connectivity index (χ0n) is 9.40. The Bertz CT molecular complexity index is 628. The Morgan fingerprint density at radius 2 is 2.17 bits per heavy atom. The van der Waals surface area contributed by atoms with Gasteiger partial charge in [-0.1, -0.05) is 5.92 Å². The topological polar surface area (TPSA) is 83.5 Å². The van der Waals surface area contributed by atoms with Gasteiger partial charge in [0.2, 0.25) is 10.0 Å². The summed E-state index contributed by atoms with van der Waals surface area (Å²) in [4.78, 5) is 10.4. The fraction of sp³-hybridized carbons (Fsp3) is 0.182. The highest BCUT2D eigenvalue weighted by atomic mass is 32.2. The molecule has 0 bridgehead atoms. The molecule has 7 heteroatoms. The highest BCUT2D eigenvalue weighted by Crippen LogP contribution is 2.14. The molecule has 5 nitrogen and oxygen atoms in total. The summed E-state index contributed by atoms with van der Waals surface area (Å²) in [6.45, 7) is 1.45. The molecule has 0 amide bonds. The molecule has 96 valence electrons. The first-order valence-electron chi connectivity index (χ1n) is 4.80. The van der Waals surface area contributed by atoms with Gasteiger partial charge in [-0.15, -0.1) is 5.92 Å². The van der Waals surface area contributed by atoms with Crippen molar-refractivity contribution in [2.75, 3.05) is 6.54 Å². The molecule has 0 spiro atoms. The molecule has 0 aliphatic carbocycles. The molecule has 0 fully saturated rings. The summed E-state index contributed by atoms with van der Waals surface area (Å²) < 4.78 is 38.6. The number of carbonyl (C=O) groups is 1. The van der Waals surface area contributed by atoms with Crippen molar-refractivity contribution in [2.45, 2.75) is 11.8 Å². The lowest BCUT2D eigenvalue weighted by Gasteiger charge is -2.05. The van der Waals surface area contributed by atoms with E-state index in [9.17, 15) is 17.6 Å². The van der Waals surface area contributed by atoms with Crippen LogP contribution in [-0.2, 0) is 10.0 Å². The van der Waals surface area contributed by atoms with E-state index < -0.39 is 27.4 Å². The van der Waals surface area contributed by atoms with Gasteiger partial charge in [-0.05, 0) is 25.1 Å². The minimum Gasteiger partial charge on any atom is -0.478 e. The van der Waals surface area contributed by atoms with Crippen LogP contribution < -0.4 is 4.72 Å². The van der Waals surface area contributed by atoms with Crippen LogP contribution in [0, 0.1) is 17.7 Å². The minimum atomic E-state index is -3.89. The number of carboxylic acids is 1. The summed E-state index contributed by atoms with van der Waals surface area (Å²) in [7, 11) is -3.89. The van der Waals surface area contributed by atoms with Gasteiger partial charge in [-0.2, -0.15) is 4.72 Å². The van der Waals surface area contributed by atoms with Crippen LogP contribution >= 0.6 is 0 Å². The molecule has 0 aliphatic heterocycles. The van der Waals surface area contributed by atoms with Crippen LogP contribution in [-0.4, -0.2) is 26.0 Å². The van der Waals surface area contributed by atoms with Gasteiger partial charge in [0, 0.05) is 0 Å². The first kappa shape index (κ1) is 14.2. The number of carboxylic acid groups (broad SMARTS) is 1. The van der Waals surface area contributed by atoms with Gasteiger partial charge in [0.15, 0.2) is 0 Å². The molecule has 2 N–H and O–H groups in total. The number of rotatable bonds is 4. The van der Waals surface area contributed by atoms with Gasteiger partial charge in [0.25, 0.3) is 0 Å². The minimum absolute atomic E-state index is 0.0986. The molecular formula is C11H10FNO4S. The van der Waals surface area contributed by atoms with Crippen molar-refractivity contribution >= 4 is 16.0 Å².